The van der Waals surface area contributed by atoms with Crippen LogP contribution in [-0.2, 0) is 13.0 Å². The fourth-order valence-corrected chi connectivity index (χ4v) is 2.56. The zero-order valence-electron chi connectivity index (χ0n) is 8.65. The molecule has 1 aromatic heterocycles. The monoisotopic (exact) mass is 326 g/mol. The molecule has 0 saturated heterocycles. The summed E-state index contributed by atoms with van der Waals surface area (Å²) in [7, 11) is 0. The molecule has 0 amide bonds. The summed E-state index contributed by atoms with van der Waals surface area (Å²) in [6.07, 6.45) is 2.18. The Morgan fingerprint density at radius 3 is 3.06 bits per heavy atom. The molecule has 2 aromatic rings. The molecule has 0 saturated carbocycles. The molecule has 82 valence electrons. The number of aromatic nitrogens is 3. The maximum Gasteiger partial charge on any atom is 0.166 e. The first-order valence-electron chi connectivity index (χ1n) is 5.23. The summed E-state index contributed by atoms with van der Waals surface area (Å²) in [5, 5.41) is 8.44. The number of aryl methyl sites for hydroxylation is 1. The van der Waals surface area contributed by atoms with Crippen molar-refractivity contribution in [1.29, 1.82) is 0 Å². The Morgan fingerprint density at radius 1 is 1.31 bits per heavy atom. The van der Waals surface area contributed by atoms with Crippen molar-refractivity contribution in [2.45, 2.75) is 19.4 Å². The normalized spacial score (nSPS) is 14.1. The average molecular weight is 326 g/mol. The number of nitrogens with zero attached hydrogens (tertiary/aromatic N) is 3. The number of hydrogen-bond acceptors (Lipinski definition) is 3. The van der Waals surface area contributed by atoms with Gasteiger partial charge in [0.05, 0.1) is 0 Å². The Kier molecular flexibility index (Phi) is 2.34. The van der Waals surface area contributed by atoms with E-state index in [0.29, 0.717) is 0 Å². The van der Waals surface area contributed by atoms with Gasteiger partial charge in [-0.15, -0.1) is 10.2 Å². The third-order valence-electron chi connectivity index (χ3n) is 2.87. The Bertz CT molecular complexity index is 547. The molecule has 0 spiro atoms. The number of nitrogen functional groups attached to an aromatic ring is 1. The van der Waals surface area contributed by atoms with Crippen LogP contribution >= 0.6 is 22.6 Å². The zero-order valence-corrected chi connectivity index (χ0v) is 10.8. The fraction of sp³-hybridized carbons (Fsp3) is 0.273. The van der Waals surface area contributed by atoms with Crippen LogP contribution in [0.1, 0.15) is 12.2 Å². The van der Waals surface area contributed by atoms with Gasteiger partial charge in [-0.1, -0.05) is 0 Å². The maximum absolute atomic E-state index is 5.99. The van der Waals surface area contributed by atoms with E-state index >= 15 is 0 Å². The van der Waals surface area contributed by atoms with E-state index in [0.717, 1.165) is 45.9 Å². The Hall–Kier alpha value is -1.11. The molecule has 2 N–H and O–H groups in total. The smallest absolute Gasteiger partial charge is 0.166 e. The lowest BCUT2D eigenvalue weighted by Gasteiger charge is -2.06. The first-order chi connectivity index (χ1) is 7.75. The molecule has 0 unspecified atom stereocenters. The van der Waals surface area contributed by atoms with Crippen LogP contribution in [0.15, 0.2) is 18.2 Å². The van der Waals surface area contributed by atoms with Crippen molar-refractivity contribution in [3.05, 3.63) is 27.6 Å². The second-order valence-electron chi connectivity index (χ2n) is 3.93. The summed E-state index contributed by atoms with van der Waals surface area (Å²) in [5.41, 5.74) is 7.75. The largest absolute Gasteiger partial charge is 0.398 e. The molecule has 16 heavy (non-hydrogen) atoms. The molecule has 0 radical (unpaired) electrons. The van der Waals surface area contributed by atoms with Gasteiger partial charge in [0.2, 0.25) is 0 Å². The van der Waals surface area contributed by atoms with Crippen molar-refractivity contribution in [1.82, 2.24) is 14.8 Å². The summed E-state index contributed by atoms with van der Waals surface area (Å²) in [5.74, 6) is 1.98. The van der Waals surface area contributed by atoms with Crippen molar-refractivity contribution in [3.63, 3.8) is 0 Å². The van der Waals surface area contributed by atoms with Gasteiger partial charge in [0.15, 0.2) is 5.82 Å². The number of hydrogen-bond donors (Lipinski definition) is 1. The molecular weight excluding hydrogens is 315 g/mol. The van der Waals surface area contributed by atoms with Gasteiger partial charge in [0.1, 0.15) is 5.82 Å². The maximum atomic E-state index is 5.99. The SMILES string of the molecule is Nc1ccc(I)cc1-c1nnc2n1CCC2. The van der Waals surface area contributed by atoms with E-state index in [9.17, 15) is 0 Å². The molecular formula is C11H11IN4. The van der Waals surface area contributed by atoms with E-state index in [1.54, 1.807) is 0 Å². The zero-order chi connectivity index (χ0) is 11.1. The van der Waals surface area contributed by atoms with Gasteiger partial charge in [-0.05, 0) is 47.2 Å². The van der Waals surface area contributed by atoms with Crippen molar-refractivity contribution in [3.8, 4) is 11.4 Å². The average Bonchev–Trinajstić information content (AvgIpc) is 2.83. The van der Waals surface area contributed by atoms with Gasteiger partial charge < -0.3 is 10.3 Å². The van der Waals surface area contributed by atoms with Crippen LogP contribution in [0.5, 0.6) is 0 Å². The minimum atomic E-state index is 0.766. The predicted molar refractivity (Wildman–Crippen MR) is 70.9 cm³/mol. The predicted octanol–water partition coefficient (Wildman–Crippen LogP) is 2.08. The summed E-state index contributed by atoms with van der Waals surface area (Å²) in [4.78, 5) is 0. The van der Waals surface area contributed by atoms with Gasteiger partial charge in [0.25, 0.3) is 0 Å². The first kappa shape index (κ1) is 10.1. The highest BCUT2D eigenvalue weighted by molar-refractivity contribution is 14.1. The van der Waals surface area contributed by atoms with E-state index in [2.05, 4.69) is 43.4 Å². The number of benzene rings is 1. The minimum Gasteiger partial charge on any atom is -0.398 e. The summed E-state index contributed by atoms with van der Waals surface area (Å²) in [6.45, 7) is 1.00. The Balaban J connectivity index is 2.18. The van der Waals surface area contributed by atoms with E-state index < -0.39 is 0 Å². The topological polar surface area (TPSA) is 56.7 Å². The van der Waals surface area contributed by atoms with Crippen molar-refractivity contribution in [2.24, 2.45) is 0 Å². The molecule has 1 aromatic carbocycles. The first-order valence-corrected chi connectivity index (χ1v) is 6.31. The third-order valence-corrected chi connectivity index (χ3v) is 3.54. The van der Waals surface area contributed by atoms with E-state index in [-0.39, 0.29) is 0 Å². The Morgan fingerprint density at radius 2 is 2.19 bits per heavy atom. The van der Waals surface area contributed by atoms with Crippen LogP contribution in [0.4, 0.5) is 5.69 Å². The molecule has 0 fully saturated rings. The van der Waals surface area contributed by atoms with Crippen molar-refractivity contribution < 1.29 is 0 Å². The lowest BCUT2D eigenvalue weighted by atomic mass is 10.1. The number of anilines is 1. The molecule has 4 nitrogen and oxygen atoms in total. The molecule has 1 aliphatic rings. The van der Waals surface area contributed by atoms with E-state index in [1.807, 2.05) is 12.1 Å². The van der Waals surface area contributed by atoms with Crippen LogP contribution in [-0.4, -0.2) is 14.8 Å². The third kappa shape index (κ3) is 1.50. The van der Waals surface area contributed by atoms with Gasteiger partial charge in [-0.25, -0.2) is 0 Å². The molecule has 3 rings (SSSR count). The molecule has 5 heteroatoms. The number of nitrogens with two attached hydrogens (primary N) is 1. The van der Waals surface area contributed by atoms with Crippen LogP contribution < -0.4 is 5.73 Å². The molecule has 0 atom stereocenters. The standard InChI is InChI=1S/C11H11IN4/c12-7-3-4-9(13)8(6-7)11-15-14-10-2-1-5-16(10)11/h3-4,6H,1-2,5,13H2. The molecule has 0 bridgehead atoms. The molecule has 2 heterocycles. The van der Waals surface area contributed by atoms with Crippen LogP contribution in [0.2, 0.25) is 0 Å². The highest BCUT2D eigenvalue weighted by Gasteiger charge is 2.19. The van der Waals surface area contributed by atoms with Gasteiger partial charge >= 0.3 is 0 Å². The summed E-state index contributed by atoms with van der Waals surface area (Å²) >= 11 is 2.28. The lowest BCUT2D eigenvalue weighted by molar-refractivity contribution is 0.749. The number of halogens is 1. The summed E-state index contributed by atoms with van der Waals surface area (Å²) in [6, 6.07) is 5.99. The highest BCUT2D eigenvalue weighted by atomic mass is 127. The second kappa shape index (κ2) is 3.73. The van der Waals surface area contributed by atoms with Gasteiger partial charge in [-0.2, -0.15) is 0 Å². The van der Waals surface area contributed by atoms with Gasteiger partial charge in [0, 0.05) is 27.8 Å². The fourth-order valence-electron chi connectivity index (χ4n) is 2.07. The Labute approximate surface area is 107 Å². The number of fused-ring (bicyclic) bond motifs is 1. The minimum absolute atomic E-state index is 0.766. The van der Waals surface area contributed by atoms with E-state index in [4.69, 9.17) is 5.73 Å². The summed E-state index contributed by atoms with van der Waals surface area (Å²) < 4.78 is 3.33. The van der Waals surface area contributed by atoms with Gasteiger partial charge in [-0.3, -0.25) is 0 Å². The van der Waals surface area contributed by atoms with Crippen molar-refractivity contribution in [2.75, 3.05) is 5.73 Å². The van der Waals surface area contributed by atoms with Crippen molar-refractivity contribution >= 4 is 28.3 Å². The highest BCUT2D eigenvalue weighted by Crippen LogP contribution is 2.29. The molecule has 1 aliphatic heterocycles. The van der Waals surface area contributed by atoms with Crippen LogP contribution in [0.3, 0.4) is 0 Å². The number of rotatable bonds is 1. The molecule has 0 aliphatic carbocycles. The van der Waals surface area contributed by atoms with Crippen LogP contribution in [0, 0.1) is 3.57 Å². The lowest BCUT2D eigenvalue weighted by Crippen LogP contribution is -1.99. The second-order valence-corrected chi connectivity index (χ2v) is 5.17. The van der Waals surface area contributed by atoms with E-state index in [1.165, 1.54) is 0 Å². The quantitative estimate of drug-likeness (QED) is 0.645. The van der Waals surface area contributed by atoms with Crippen LogP contribution in [0.25, 0.3) is 11.4 Å².